The van der Waals surface area contributed by atoms with Gasteiger partial charge in [0.05, 0.1) is 21.3 Å². The van der Waals surface area contributed by atoms with Crippen molar-refractivity contribution in [1.82, 2.24) is 0 Å². The van der Waals surface area contributed by atoms with Crippen LogP contribution in [0.15, 0.2) is 30.3 Å². The lowest BCUT2D eigenvalue weighted by Gasteiger charge is -2.13. The molecule has 5 nitrogen and oxygen atoms in total. The summed E-state index contributed by atoms with van der Waals surface area (Å²) in [6.45, 7) is 1.90. The molecule has 2 rings (SSSR count). The standard InChI is InChI=1S/C14H12ClIN2O3/c1-8-5-12(14(21-2)7-10(8)15)17-9-3-4-13(18(19)20)11(16)6-9/h3-7,17H,1-2H3. The van der Waals surface area contributed by atoms with Gasteiger partial charge in [0.2, 0.25) is 0 Å². The molecule has 7 heteroatoms. The Balaban J connectivity index is 2.36. The number of ether oxygens (including phenoxy) is 1. The number of nitrogens with one attached hydrogen (secondary N) is 1. The van der Waals surface area contributed by atoms with Gasteiger partial charge in [0, 0.05) is 22.8 Å². The first-order chi connectivity index (χ1) is 9.92. The van der Waals surface area contributed by atoms with Crippen molar-refractivity contribution in [2.24, 2.45) is 0 Å². The van der Waals surface area contributed by atoms with Crippen LogP contribution in [0.5, 0.6) is 5.75 Å². The fourth-order valence-corrected chi connectivity index (χ4v) is 2.68. The summed E-state index contributed by atoms with van der Waals surface area (Å²) in [6, 6.07) is 8.44. The first kappa shape index (κ1) is 15.8. The number of benzene rings is 2. The summed E-state index contributed by atoms with van der Waals surface area (Å²) in [7, 11) is 1.56. The van der Waals surface area contributed by atoms with Gasteiger partial charge in [-0.25, -0.2) is 0 Å². The zero-order valence-corrected chi connectivity index (χ0v) is 14.2. The first-order valence-electron chi connectivity index (χ1n) is 5.97. The van der Waals surface area contributed by atoms with Crippen LogP contribution in [0, 0.1) is 20.6 Å². The smallest absolute Gasteiger partial charge is 0.282 e. The molecule has 0 heterocycles. The topological polar surface area (TPSA) is 64.4 Å². The molecule has 0 atom stereocenters. The van der Waals surface area contributed by atoms with Crippen molar-refractivity contribution in [3.05, 3.63) is 54.6 Å². The van der Waals surface area contributed by atoms with Crippen molar-refractivity contribution in [3.63, 3.8) is 0 Å². The highest BCUT2D eigenvalue weighted by atomic mass is 127. The van der Waals surface area contributed by atoms with E-state index in [4.69, 9.17) is 16.3 Å². The molecular formula is C14H12ClIN2O3. The number of aryl methyl sites for hydroxylation is 1. The molecule has 0 aliphatic carbocycles. The minimum Gasteiger partial charge on any atom is -0.495 e. The maximum Gasteiger partial charge on any atom is 0.282 e. The number of hydrogen-bond acceptors (Lipinski definition) is 4. The predicted molar refractivity (Wildman–Crippen MR) is 91.8 cm³/mol. The van der Waals surface area contributed by atoms with Crippen LogP contribution in [0.4, 0.5) is 17.1 Å². The van der Waals surface area contributed by atoms with E-state index in [1.165, 1.54) is 6.07 Å². The Labute approximate surface area is 140 Å². The summed E-state index contributed by atoms with van der Waals surface area (Å²) in [5.41, 5.74) is 2.49. The first-order valence-corrected chi connectivity index (χ1v) is 7.43. The highest BCUT2D eigenvalue weighted by molar-refractivity contribution is 14.1. The van der Waals surface area contributed by atoms with E-state index in [0.717, 1.165) is 16.9 Å². The van der Waals surface area contributed by atoms with Gasteiger partial charge in [0.1, 0.15) is 5.75 Å². The van der Waals surface area contributed by atoms with E-state index in [9.17, 15) is 10.1 Å². The average Bonchev–Trinajstić information content (AvgIpc) is 2.42. The fourth-order valence-electron chi connectivity index (χ4n) is 1.82. The summed E-state index contributed by atoms with van der Waals surface area (Å²) in [6.07, 6.45) is 0. The lowest BCUT2D eigenvalue weighted by atomic mass is 10.2. The number of hydrogen-bond donors (Lipinski definition) is 1. The molecule has 0 spiro atoms. The summed E-state index contributed by atoms with van der Waals surface area (Å²) in [5.74, 6) is 0.610. The van der Waals surface area contributed by atoms with Crippen LogP contribution in [0.25, 0.3) is 0 Å². The van der Waals surface area contributed by atoms with E-state index in [1.54, 1.807) is 25.3 Å². The van der Waals surface area contributed by atoms with Crippen molar-refractivity contribution in [2.45, 2.75) is 6.92 Å². The second kappa shape index (κ2) is 6.48. The molecule has 21 heavy (non-hydrogen) atoms. The molecule has 0 fully saturated rings. The number of rotatable bonds is 4. The molecule has 2 aromatic rings. The molecule has 0 aliphatic heterocycles. The Morgan fingerprint density at radius 1 is 1.33 bits per heavy atom. The van der Waals surface area contributed by atoms with Gasteiger partial charge in [-0.15, -0.1) is 0 Å². The largest absolute Gasteiger partial charge is 0.495 e. The molecule has 1 N–H and O–H groups in total. The molecular weight excluding hydrogens is 407 g/mol. The lowest BCUT2D eigenvalue weighted by molar-refractivity contribution is -0.385. The molecule has 0 radical (unpaired) electrons. The van der Waals surface area contributed by atoms with E-state index >= 15 is 0 Å². The predicted octanol–water partition coefficient (Wildman–Crippen LogP) is 4.91. The summed E-state index contributed by atoms with van der Waals surface area (Å²) < 4.78 is 5.85. The Kier molecular flexibility index (Phi) is 4.89. The highest BCUT2D eigenvalue weighted by Crippen LogP contribution is 2.34. The molecule has 0 aromatic heterocycles. The SMILES string of the molecule is COc1cc(Cl)c(C)cc1Nc1ccc([N+](=O)[O-])c(I)c1. The van der Waals surface area contributed by atoms with Crippen molar-refractivity contribution in [1.29, 1.82) is 0 Å². The average molecular weight is 419 g/mol. The Morgan fingerprint density at radius 3 is 2.62 bits per heavy atom. The van der Waals surface area contributed by atoms with Gasteiger partial charge >= 0.3 is 0 Å². The maximum absolute atomic E-state index is 10.8. The van der Waals surface area contributed by atoms with Gasteiger partial charge in [-0.3, -0.25) is 10.1 Å². The molecule has 0 unspecified atom stereocenters. The molecule has 0 saturated heterocycles. The second-order valence-electron chi connectivity index (χ2n) is 4.35. The Hall–Kier alpha value is -1.54. The number of nitro benzene ring substituents is 1. The van der Waals surface area contributed by atoms with Crippen molar-refractivity contribution in [3.8, 4) is 5.75 Å². The number of methoxy groups -OCH3 is 1. The second-order valence-corrected chi connectivity index (χ2v) is 5.92. The molecule has 0 bridgehead atoms. The van der Waals surface area contributed by atoms with Crippen molar-refractivity contribution in [2.75, 3.05) is 12.4 Å². The highest BCUT2D eigenvalue weighted by Gasteiger charge is 2.13. The number of halogens is 2. The van der Waals surface area contributed by atoms with Gasteiger partial charge < -0.3 is 10.1 Å². The zero-order valence-electron chi connectivity index (χ0n) is 11.3. The third kappa shape index (κ3) is 3.56. The summed E-state index contributed by atoms with van der Waals surface area (Å²) in [4.78, 5) is 10.4. The lowest BCUT2D eigenvalue weighted by Crippen LogP contribution is -1.97. The minimum atomic E-state index is -0.404. The zero-order chi connectivity index (χ0) is 15.6. The van der Waals surface area contributed by atoms with Gasteiger partial charge in [-0.05, 0) is 53.3 Å². The van der Waals surface area contributed by atoms with Gasteiger partial charge in [0.25, 0.3) is 5.69 Å². The fraction of sp³-hybridized carbons (Fsp3) is 0.143. The van der Waals surface area contributed by atoms with E-state index in [-0.39, 0.29) is 5.69 Å². The summed E-state index contributed by atoms with van der Waals surface area (Å²) >= 11 is 8.00. The number of anilines is 2. The van der Waals surface area contributed by atoms with Gasteiger partial charge in [-0.2, -0.15) is 0 Å². The van der Waals surface area contributed by atoms with Crippen LogP contribution in [0.1, 0.15) is 5.56 Å². The third-order valence-electron chi connectivity index (χ3n) is 2.90. The maximum atomic E-state index is 10.8. The molecule has 110 valence electrons. The van der Waals surface area contributed by atoms with E-state index < -0.39 is 4.92 Å². The minimum absolute atomic E-state index is 0.0837. The van der Waals surface area contributed by atoms with Gasteiger partial charge in [-0.1, -0.05) is 11.6 Å². The van der Waals surface area contributed by atoms with E-state index in [2.05, 4.69) is 5.32 Å². The number of nitrogens with zero attached hydrogens (tertiary/aromatic N) is 1. The quantitative estimate of drug-likeness (QED) is 0.435. The van der Waals surface area contributed by atoms with Crippen molar-refractivity contribution < 1.29 is 9.66 Å². The summed E-state index contributed by atoms with van der Waals surface area (Å²) in [5, 5.41) is 14.6. The number of nitro groups is 1. The van der Waals surface area contributed by atoms with Crippen LogP contribution in [-0.2, 0) is 0 Å². The van der Waals surface area contributed by atoms with Crippen LogP contribution < -0.4 is 10.1 Å². The third-order valence-corrected chi connectivity index (χ3v) is 4.18. The molecule has 2 aromatic carbocycles. The van der Waals surface area contributed by atoms with E-state index in [0.29, 0.717) is 14.3 Å². The van der Waals surface area contributed by atoms with Crippen molar-refractivity contribution >= 4 is 51.3 Å². The monoisotopic (exact) mass is 418 g/mol. The van der Waals surface area contributed by atoms with Crippen LogP contribution >= 0.6 is 34.2 Å². The van der Waals surface area contributed by atoms with Gasteiger partial charge in [0.15, 0.2) is 0 Å². The van der Waals surface area contributed by atoms with Crippen LogP contribution in [0.2, 0.25) is 5.02 Å². The Bertz CT molecular complexity index is 707. The molecule has 0 amide bonds. The van der Waals surface area contributed by atoms with E-state index in [1.807, 2.05) is 35.6 Å². The molecule has 0 aliphatic rings. The Morgan fingerprint density at radius 2 is 2.05 bits per heavy atom. The van der Waals surface area contributed by atoms with Crippen LogP contribution in [0.3, 0.4) is 0 Å². The normalized spacial score (nSPS) is 10.3. The van der Waals surface area contributed by atoms with Crippen LogP contribution in [-0.4, -0.2) is 12.0 Å². The molecule has 0 saturated carbocycles.